The lowest BCUT2D eigenvalue weighted by Crippen LogP contribution is -2.46. The number of carbonyl (C=O) groups excluding carboxylic acids is 1. The molecule has 1 N–H and O–H groups in total. The quantitative estimate of drug-likeness (QED) is 0.792. The van der Waals surface area contributed by atoms with Crippen LogP contribution in [-0.2, 0) is 9.59 Å². The fraction of sp³-hybridized carbons (Fsp3) is 0.833. The van der Waals surface area contributed by atoms with Crippen molar-refractivity contribution in [1.82, 2.24) is 9.80 Å². The van der Waals surface area contributed by atoms with Crippen LogP contribution < -0.4 is 0 Å². The van der Waals surface area contributed by atoms with Crippen molar-refractivity contribution in [2.45, 2.75) is 45.2 Å². The molecule has 1 aliphatic heterocycles. The molecule has 0 aliphatic carbocycles. The SMILES string of the molecule is CCN1CCC(C)N(C)C(CCC(=O)O)C1=O. The Kier molecular flexibility index (Phi) is 4.93. The first-order valence-corrected chi connectivity index (χ1v) is 6.19. The Balaban J connectivity index is 2.78. The molecule has 1 rings (SSSR count). The molecule has 5 nitrogen and oxygen atoms in total. The van der Waals surface area contributed by atoms with E-state index in [1.165, 1.54) is 0 Å². The van der Waals surface area contributed by atoms with Gasteiger partial charge in [0.15, 0.2) is 0 Å². The Bertz CT molecular complexity index is 293. The van der Waals surface area contributed by atoms with Crippen molar-refractivity contribution >= 4 is 11.9 Å². The second-order valence-corrected chi connectivity index (χ2v) is 4.67. The predicted molar refractivity (Wildman–Crippen MR) is 64.8 cm³/mol. The number of aliphatic carboxylic acids is 1. The normalized spacial score (nSPS) is 27.0. The van der Waals surface area contributed by atoms with E-state index in [9.17, 15) is 9.59 Å². The van der Waals surface area contributed by atoms with Crippen LogP contribution in [0.2, 0.25) is 0 Å². The number of rotatable bonds is 4. The van der Waals surface area contributed by atoms with Crippen LogP contribution in [-0.4, -0.2) is 59.0 Å². The third-order valence-corrected chi connectivity index (χ3v) is 3.61. The van der Waals surface area contributed by atoms with Gasteiger partial charge in [-0.25, -0.2) is 0 Å². The molecule has 17 heavy (non-hydrogen) atoms. The van der Waals surface area contributed by atoms with Gasteiger partial charge in [0.25, 0.3) is 0 Å². The lowest BCUT2D eigenvalue weighted by Gasteiger charge is -2.29. The topological polar surface area (TPSA) is 60.9 Å². The first-order chi connectivity index (χ1) is 7.97. The van der Waals surface area contributed by atoms with Crippen LogP contribution in [0, 0.1) is 0 Å². The molecule has 0 aromatic carbocycles. The van der Waals surface area contributed by atoms with Gasteiger partial charge >= 0.3 is 5.97 Å². The van der Waals surface area contributed by atoms with Gasteiger partial charge in [-0.05, 0) is 33.7 Å². The summed E-state index contributed by atoms with van der Waals surface area (Å²) in [5.41, 5.74) is 0. The zero-order chi connectivity index (χ0) is 13.0. The van der Waals surface area contributed by atoms with Crippen molar-refractivity contribution in [3.8, 4) is 0 Å². The summed E-state index contributed by atoms with van der Waals surface area (Å²) in [7, 11) is 1.91. The van der Waals surface area contributed by atoms with E-state index in [-0.39, 0.29) is 18.4 Å². The number of hydrogen-bond acceptors (Lipinski definition) is 3. The molecule has 0 saturated carbocycles. The van der Waals surface area contributed by atoms with E-state index in [2.05, 4.69) is 6.92 Å². The molecule has 2 unspecified atom stereocenters. The summed E-state index contributed by atoms with van der Waals surface area (Å²) in [5.74, 6) is -0.772. The van der Waals surface area contributed by atoms with Crippen LogP contribution in [0.5, 0.6) is 0 Å². The van der Waals surface area contributed by atoms with Gasteiger partial charge < -0.3 is 10.0 Å². The fourth-order valence-electron chi connectivity index (χ4n) is 2.25. The molecule has 0 aromatic heterocycles. The molecule has 98 valence electrons. The average Bonchev–Trinajstić information content (AvgIpc) is 2.37. The Hall–Kier alpha value is -1.10. The largest absolute Gasteiger partial charge is 0.481 e. The molecule has 5 heteroatoms. The zero-order valence-electron chi connectivity index (χ0n) is 10.8. The summed E-state index contributed by atoms with van der Waals surface area (Å²) < 4.78 is 0. The van der Waals surface area contributed by atoms with Crippen LogP contribution in [0.4, 0.5) is 0 Å². The van der Waals surface area contributed by atoms with E-state index in [1.54, 1.807) is 0 Å². The molecule has 2 atom stereocenters. The Morgan fingerprint density at radius 3 is 2.71 bits per heavy atom. The van der Waals surface area contributed by atoms with Gasteiger partial charge in [-0.15, -0.1) is 0 Å². The summed E-state index contributed by atoms with van der Waals surface area (Å²) in [4.78, 5) is 26.7. The van der Waals surface area contributed by atoms with Crippen molar-refractivity contribution in [3.05, 3.63) is 0 Å². The summed E-state index contributed by atoms with van der Waals surface area (Å²) in [6.07, 6.45) is 1.39. The fourth-order valence-corrected chi connectivity index (χ4v) is 2.25. The number of carboxylic acid groups (broad SMARTS) is 1. The maximum atomic E-state index is 12.2. The zero-order valence-corrected chi connectivity index (χ0v) is 10.8. The second kappa shape index (κ2) is 6.00. The summed E-state index contributed by atoms with van der Waals surface area (Å²) in [5, 5.41) is 8.73. The van der Waals surface area contributed by atoms with E-state index in [0.717, 1.165) is 13.0 Å². The van der Waals surface area contributed by atoms with Crippen molar-refractivity contribution in [2.75, 3.05) is 20.1 Å². The first kappa shape index (κ1) is 14.0. The van der Waals surface area contributed by atoms with Crippen molar-refractivity contribution < 1.29 is 14.7 Å². The lowest BCUT2D eigenvalue weighted by atomic mass is 10.1. The molecule has 0 bridgehead atoms. The van der Waals surface area contributed by atoms with Gasteiger partial charge in [0.1, 0.15) is 0 Å². The number of amides is 1. The molecule has 0 spiro atoms. The molecular weight excluding hydrogens is 220 g/mol. The molecule has 0 aromatic rings. The van der Waals surface area contributed by atoms with Gasteiger partial charge in [0.05, 0.1) is 6.04 Å². The Morgan fingerprint density at radius 2 is 2.18 bits per heavy atom. The van der Waals surface area contributed by atoms with E-state index < -0.39 is 5.97 Å². The van der Waals surface area contributed by atoms with E-state index in [1.807, 2.05) is 23.8 Å². The number of hydrogen-bond donors (Lipinski definition) is 1. The lowest BCUT2D eigenvalue weighted by molar-refractivity contribution is -0.139. The molecule has 1 fully saturated rings. The maximum Gasteiger partial charge on any atom is 0.303 e. The maximum absolute atomic E-state index is 12.2. The standard InChI is InChI=1S/C12H22N2O3/c1-4-14-8-7-9(2)13(3)10(12(14)17)5-6-11(15)16/h9-10H,4-8H2,1-3H3,(H,15,16). The minimum absolute atomic E-state index is 0.0466. The van der Waals surface area contributed by atoms with Crippen LogP contribution in [0.15, 0.2) is 0 Å². The third kappa shape index (κ3) is 3.43. The number of carbonyl (C=O) groups is 2. The molecular formula is C12H22N2O3. The highest BCUT2D eigenvalue weighted by Gasteiger charge is 2.33. The van der Waals surface area contributed by atoms with Crippen LogP contribution >= 0.6 is 0 Å². The predicted octanol–water partition coefficient (Wildman–Crippen LogP) is 0.792. The minimum atomic E-state index is -0.842. The average molecular weight is 242 g/mol. The monoisotopic (exact) mass is 242 g/mol. The number of nitrogens with zero attached hydrogens (tertiary/aromatic N) is 2. The summed E-state index contributed by atoms with van der Waals surface area (Å²) in [6.45, 7) is 5.51. The number of carboxylic acids is 1. The van der Waals surface area contributed by atoms with E-state index in [0.29, 0.717) is 19.0 Å². The van der Waals surface area contributed by atoms with Crippen LogP contribution in [0.3, 0.4) is 0 Å². The van der Waals surface area contributed by atoms with Crippen molar-refractivity contribution in [2.24, 2.45) is 0 Å². The van der Waals surface area contributed by atoms with E-state index >= 15 is 0 Å². The van der Waals surface area contributed by atoms with Gasteiger partial charge in [-0.1, -0.05) is 0 Å². The number of likely N-dealkylation sites (N-methyl/N-ethyl adjacent to an activating group) is 2. The molecule has 0 radical (unpaired) electrons. The molecule has 1 aliphatic rings. The van der Waals surface area contributed by atoms with Crippen LogP contribution in [0.1, 0.15) is 33.1 Å². The van der Waals surface area contributed by atoms with Gasteiger partial charge in [0.2, 0.25) is 5.91 Å². The summed E-state index contributed by atoms with van der Waals surface area (Å²) in [6, 6.07) is 0.0258. The van der Waals surface area contributed by atoms with E-state index in [4.69, 9.17) is 5.11 Å². The Morgan fingerprint density at radius 1 is 1.53 bits per heavy atom. The highest BCUT2D eigenvalue weighted by molar-refractivity contribution is 5.82. The first-order valence-electron chi connectivity index (χ1n) is 6.19. The Labute approximate surface area is 102 Å². The smallest absolute Gasteiger partial charge is 0.303 e. The van der Waals surface area contributed by atoms with Gasteiger partial charge in [-0.2, -0.15) is 0 Å². The molecule has 1 heterocycles. The molecule has 1 saturated heterocycles. The van der Waals surface area contributed by atoms with Gasteiger partial charge in [-0.3, -0.25) is 14.5 Å². The highest BCUT2D eigenvalue weighted by atomic mass is 16.4. The highest BCUT2D eigenvalue weighted by Crippen LogP contribution is 2.18. The van der Waals surface area contributed by atoms with Gasteiger partial charge in [0, 0.05) is 25.6 Å². The van der Waals surface area contributed by atoms with Crippen molar-refractivity contribution in [1.29, 1.82) is 0 Å². The minimum Gasteiger partial charge on any atom is -0.481 e. The van der Waals surface area contributed by atoms with Crippen LogP contribution in [0.25, 0.3) is 0 Å². The summed E-state index contributed by atoms with van der Waals surface area (Å²) >= 11 is 0. The third-order valence-electron chi connectivity index (χ3n) is 3.61. The molecule has 1 amide bonds. The van der Waals surface area contributed by atoms with Crippen molar-refractivity contribution in [3.63, 3.8) is 0 Å². The second-order valence-electron chi connectivity index (χ2n) is 4.67.